The number of nitrogens with zero attached hydrogens (tertiary/aromatic N) is 2. The predicted octanol–water partition coefficient (Wildman–Crippen LogP) is 3.02. The number of hydrogen-bond donors (Lipinski definition) is 1. The van der Waals surface area contributed by atoms with Crippen molar-refractivity contribution in [3.8, 4) is 11.5 Å². The molecule has 0 saturated heterocycles. The summed E-state index contributed by atoms with van der Waals surface area (Å²) in [6.07, 6.45) is 4.60. The second-order valence-corrected chi connectivity index (χ2v) is 5.26. The van der Waals surface area contributed by atoms with Crippen LogP contribution in [-0.4, -0.2) is 30.8 Å². The van der Waals surface area contributed by atoms with E-state index in [1.54, 1.807) is 31.5 Å². The van der Waals surface area contributed by atoms with E-state index in [2.05, 4.69) is 31.4 Å². The molecule has 0 radical (unpaired) electrons. The highest BCUT2D eigenvalue weighted by atomic mass is 79.9. The van der Waals surface area contributed by atoms with Crippen LogP contribution in [0.3, 0.4) is 0 Å². The number of amides is 1. The summed E-state index contributed by atoms with van der Waals surface area (Å²) in [5.41, 5.74) is 3.64. The monoisotopic (exact) mass is 377 g/mol. The number of nitrogens with one attached hydrogen (secondary N) is 1. The molecule has 1 heterocycles. The van der Waals surface area contributed by atoms with Crippen molar-refractivity contribution in [1.82, 2.24) is 10.4 Å². The Kier molecular flexibility index (Phi) is 6.10. The van der Waals surface area contributed by atoms with Gasteiger partial charge in [0.15, 0.2) is 11.5 Å². The fraction of sp³-hybridized carbons (Fsp3) is 0.188. The van der Waals surface area contributed by atoms with Gasteiger partial charge in [0.05, 0.1) is 30.0 Å². The lowest BCUT2D eigenvalue weighted by Gasteiger charge is -2.11. The maximum absolute atomic E-state index is 11.8. The fourth-order valence-electron chi connectivity index (χ4n) is 1.83. The third kappa shape index (κ3) is 4.53. The van der Waals surface area contributed by atoms with E-state index in [4.69, 9.17) is 9.47 Å². The summed E-state index contributed by atoms with van der Waals surface area (Å²) in [4.78, 5) is 15.7. The number of ether oxygens (including phenoxy) is 2. The van der Waals surface area contributed by atoms with Crippen LogP contribution in [0.5, 0.6) is 11.5 Å². The van der Waals surface area contributed by atoms with Gasteiger partial charge in [-0.05, 0) is 52.7 Å². The van der Waals surface area contributed by atoms with Gasteiger partial charge in [0, 0.05) is 12.4 Å². The van der Waals surface area contributed by atoms with Crippen LogP contribution in [0.25, 0.3) is 0 Å². The first-order chi connectivity index (χ1) is 11.2. The molecule has 1 aromatic heterocycles. The maximum Gasteiger partial charge on any atom is 0.272 e. The molecule has 0 spiro atoms. The number of carbonyl (C=O) groups excluding carboxylic acids is 1. The van der Waals surface area contributed by atoms with Crippen LogP contribution in [0.1, 0.15) is 22.8 Å². The van der Waals surface area contributed by atoms with Crippen molar-refractivity contribution in [2.45, 2.75) is 6.92 Å². The highest BCUT2D eigenvalue weighted by Gasteiger charge is 2.10. The first-order valence-electron chi connectivity index (χ1n) is 6.89. The Morgan fingerprint density at radius 3 is 2.96 bits per heavy atom. The van der Waals surface area contributed by atoms with Gasteiger partial charge in [-0.3, -0.25) is 9.78 Å². The van der Waals surface area contributed by atoms with Crippen molar-refractivity contribution in [3.05, 3.63) is 52.3 Å². The predicted molar refractivity (Wildman–Crippen MR) is 91.2 cm³/mol. The molecule has 7 heteroatoms. The summed E-state index contributed by atoms with van der Waals surface area (Å²) in [5, 5.41) is 3.94. The van der Waals surface area contributed by atoms with Gasteiger partial charge in [0.2, 0.25) is 0 Å². The quantitative estimate of drug-likeness (QED) is 0.620. The van der Waals surface area contributed by atoms with Crippen LogP contribution < -0.4 is 14.9 Å². The third-order valence-corrected chi connectivity index (χ3v) is 3.43. The summed E-state index contributed by atoms with van der Waals surface area (Å²) in [6.45, 7) is 2.43. The van der Waals surface area contributed by atoms with E-state index < -0.39 is 0 Å². The zero-order valence-corrected chi connectivity index (χ0v) is 14.3. The molecule has 0 unspecified atom stereocenters. The van der Waals surface area contributed by atoms with Gasteiger partial charge >= 0.3 is 0 Å². The number of hydrazone groups is 1. The van der Waals surface area contributed by atoms with E-state index in [0.29, 0.717) is 23.7 Å². The molecule has 1 N–H and O–H groups in total. The van der Waals surface area contributed by atoms with E-state index in [0.717, 1.165) is 10.0 Å². The van der Waals surface area contributed by atoms with Gasteiger partial charge in [-0.25, -0.2) is 5.43 Å². The van der Waals surface area contributed by atoms with E-state index in [9.17, 15) is 4.79 Å². The Labute approximate surface area is 142 Å². The first-order valence-corrected chi connectivity index (χ1v) is 7.68. The van der Waals surface area contributed by atoms with Crippen molar-refractivity contribution in [2.75, 3.05) is 13.7 Å². The maximum atomic E-state index is 11.8. The molecule has 2 aromatic rings. The van der Waals surface area contributed by atoms with Crippen molar-refractivity contribution in [2.24, 2.45) is 5.10 Å². The highest BCUT2D eigenvalue weighted by molar-refractivity contribution is 9.10. The standard InChI is InChI=1S/C16H16BrN3O3/c1-3-23-15-13(17)7-11(8-14(15)22-2)9-19-20-16(21)12-5-4-6-18-10-12/h4-10H,3H2,1-2H3,(H,20,21)/b19-9+. The number of aromatic nitrogens is 1. The fourth-order valence-corrected chi connectivity index (χ4v) is 2.40. The van der Waals surface area contributed by atoms with Crippen molar-refractivity contribution >= 4 is 28.1 Å². The highest BCUT2D eigenvalue weighted by Crippen LogP contribution is 2.36. The molecule has 0 saturated carbocycles. The largest absolute Gasteiger partial charge is 0.493 e. The Hall–Kier alpha value is -2.41. The lowest BCUT2D eigenvalue weighted by molar-refractivity contribution is 0.0955. The van der Waals surface area contributed by atoms with E-state index in [1.165, 1.54) is 12.4 Å². The molecule has 23 heavy (non-hydrogen) atoms. The Morgan fingerprint density at radius 2 is 2.30 bits per heavy atom. The number of halogens is 1. The third-order valence-electron chi connectivity index (χ3n) is 2.84. The van der Waals surface area contributed by atoms with E-state index in [1.807, 2.05) is 13.0 Å². The van der Waals surface area contributed by atoms with Crippen LogP contribution >= 0.6 is 15.9 Å². The molecular formula is C16H16BrN3O3. The molecule has 0 atom stereocenters. The van der Waals surface area contributed by atoms with Crippen molar-refractivity contribution in [3.63, 3.8) is 0 Å². The molecule has 2 rings (SSSR count). The number of methoxy groups -OCH3 is 1. The first kappa shape index (κ1) is 17.0. The molecular weight excluding hydrogens is 362 g/mol. The number of rotatable bonds is 6. The second-order valence-electron chi connectivity index (χ2n) is 4.41. The zero-order valence-electron chi connectivity index (χ0n) is 12.7. The Bertz CT molecular complexity index is 705. The molecule has 0 aliphatic heterocycles. The van der Waals surface area contributed by atoms with Gasteiger partial charge in [-0.1, -0.05) is 0 Å². The van der Waals surface area contributed by atoms with Gasteiger partial charge < -0.3 is 9.47 Å². The van der Waals surface area contributed by atoms with Gasteiger partial charge in [0.1, 0.15) is 0 Å². The van der Waals surface area contributed by atoms with Gasteiger partial charge in [-0.15, -0.1) is 0 Å². The average Bonchev–Trinajstić information content (AvgIpc) is 2.57. The van der Waals surface area contributed by atoms with E-state index in [-0.39, 0.29) is 5.91 Å². The summed E-state index contributed by atoms with van der Waals surface area (Å²) in [7, 11) is 1.56. The topological polar surface area (TPSA) is 72.8 Å². The number of pyridine rings is 1. The molecule has 0 aliphatic carbocycles. The Balaban J connectivity index is 2.11. The van der Waals surface area contributed by atoms with Gasteiger partial charge in [-0.2, -0.15) is 5.10 Å². The Morgan fingerprint density at radius 1 is 1.48 bits per heavy atom. The van der Waals surface area contributed by atoms with Crippen LogP contribution in [0, 0.1) is 0 Å². The molecule has 120 valence electrons. The second kappa shape index (κ2) is 8.28. The molecule has 1 aromatic carbocycles. The van der Waals surface area contributed by atoms with E-state index >= 15 is 0 Å². The van der Waals surface area contributed by atoms with Crippen molar-refractivity contribution in [1.29, 1.82) is 0 Å². The number of hydrogen-bond acceptors (Lipinski definition) is 5. The zero-order chi connectivity index (χ0) is 16.7. The summed E-state index contributed by atoms with van der Waals surface area (Å²) >= 11 is 3.44. The van der Waals surface area contributed by atoms with Crippen LogP contribution in [-0.2, 0) is 0 Å². The lowest BCUT2D eigenvalue weighted by Crippen LogP contribution is -2.17. The smallest absolute Gasteiger partial charge is 0.272 e. The van der Waals surface area contributed by atoms with Crippen LogP contribution in [0.4, 0.5) is 0 Å². The minimum absolute atomic E-state index is 0.327. The van der Waals surface area contributed by atoms with Crippen molar-refractivity contribution < 1.29 is 14.3 Å². The summed E-state index contributed by atoms with van der Waals surface area (Å²) in [6, 6.07) is 6.95. The minimum Gasteiger partial charge on any atom is -0.493 e. The van der Waals surface area contributed by atoms with Crippen LogP contribution in [0.2, 0.25) is 0 Å². The molecule has 0 aliphatic rings. The summed E-state index contributed by atoms with van der Waals surface area (Å²) in [5.74, 6) is 0.888. The van der Waals surface area contributed by atoms with Gasteiger partial charge in [0.25, 0.3) is 5.91 Å². The minimum atomic E-state index is -0.327. The molecule has 1 amide bonds. The average molecular weight is 378 g/mol. The SMILES string of the molecule is CCOc1c(Br)cc(/C=N/NC(=O)c2cccnc2)cc1OC. The summed E-state index contributed by atoms with van der Waals surface area (Å²) < 4.78 is 11.6. The number of benzene rings is 1. The lowest BCUT2D eigenvalue weighted by atomic mass is 10.2. The normalized spacial score (nSPS) is 10.6. The number of carbonyl (C=O) groups is 1. The molecule has 0 fully saturated rings. The molecule has 0 bridgehead atoms. The molecule has 6 nitrogen and oxygen atoms in total. The van der Waals surface area contributed by atoms with Crippen LogP contribution in [0.15, 0.2) is 46.2 Å².